The molecule has 1 aromatic carbocycles. The number of nitrogens with one attached hydrogen (secondary N) is 2. The summed E-state index contributed by atoms with van der Waals surface area (Å²) in [6.07, 6.45) is 5.95. The van der Waals surface area contributed by atoms with E-state index in [4.69, 9.17) is 4.42 Å². The second-order valence-corrected chi connectivity index (χ2v) is 9.73. The first kappa shape index (κ1) is 20.2. The fourth-order valence-corrected chi connectivity index (χ4v) is 4.63. The third-order valence-electron chi connectivity index (χ3n) is 4.49. The Morgan fingerprint density at radius 3 is 2.43 bits per heavy atom. The van der Waals surface area contributed by atoms with Crippen LogP contribution in [-0.2, 0) is 14.8 Å². The van der Waals surface area contributed by atoms with Crippen molar-refractivity contribution in [1.82, 2.24) is 10.3 Å². The number of furan rings is 1. The van der Waals surface area contributed by atoms with E-state index in [1.54, 1.807) is 18.5 Å². The number of benzene rings is 1. The van der Waals surface area contributed by atoms with Crippen LogP contribution in [-0.4, -0.2) is 30.8 Å². The van der Waals surface area contributed by atoms with Crippen LogP contribution in [0.25, 0.3) is 28.2 Å². The van der Waals surface area contributed by atoms with E-state index in [9.17, 15) is 18.0 Å². The smallest absolute Gasteiger partial charge is 0.290 e. The third kappa shape index (κ3) is 3.96. The molecule has 2 aromatic heterocycles. The highest BCUT2D eigenvalue weighted by Crippen LogP contribution is 2.35. The molecule has 0 atom stereocenters. The van der Waals surface area contributed by atoms with Crippen molar-refractivity contribution in [3.63, 3.8) is 0 Å². The van der Waals surface area contributed by atoms with Crippen molar-refractivity contribution >= 4 is 55.7 Å². The maximum Gasteiger partial charge on any atom is 0.290 e. The van der Waals surface area contributed by atoms with E-state index in [1.807, 2.05) is 26.0 Å². The van der Waals surface area contributed by atoms with Gasteiger partial charge in [-0.05, 0) is 60.5 Å². The van der Waals surface area contributed by atoms with Crippen LogP contribution >= 0.6 is 11.8 Å². The molecule has 0 bridgehead atoms. The SMILES string of the molecule is Cc1cc(-c2cncc3cc(C=C4SC(=O)NC4=O)oc23)cc(C)c1NS(C)(=O)=O. The van der Waals surface area contributed by atoms with Gasteiger partial charge in [0.2, 0.25) is 10.0 Å². The summed E-state index contributed by atoms with van der Waals surface area (Å²) in [7, 11) is -3.40. The lowest BCUT2D eigenvalue weighted by Gasteiger charge is -2.13. The standard InChI is InChI=1S/C20H17N3O5S2/c1-10-4-12(5-11(2)17(10)23-30(3,26)27)15-9-21-8-13-6-14(28-18(13)15)7-16-19(24)22-20(25)29-16/h4-9,23H,1-3H3,(H,22,24,25). The van der Waals surface area contributed by atoms with Crippen molar-refractivity contribution in [2.75, 3.05) is 11.0 Å². The zero-order valence-corrected chi connectivity index (χ0v) is 17.9. The van der Waals surface area contributed by atoms with Crippen molar-refractivity contribution in [2.45, 2.75) is 13.8 Å². The maximum absolute atomic E-state index is 11.8. The highest BCUT2D eigenvalue weighted by Gasteiger charge is 2.25. The molecule has 4 rings (SSSR count). The second kappa shape index (κ2) is 7.29. The van der Waals surface area contributed by atoms with Gasteiger partial charge in [-0.2, -0.15) is 0 Å². The molecule has 1 aliphatic rings. The number of fused-ring (bicyclic) bond motifs is 1. The normalized spacial score (nSPS) is 15.8. The number of thioether (sulfide) groups is 1. The van der Waals surface area contributed by atoms with Crippen LogP contribution in [0, 0.1) is 13.8 Å². The van der Waals surface area contributed by atoms with E-state index in [0.29, 0.717) is 17.0 Å². The van der Waals surface area contributed by atoms with Gasteiger partial charge in [0, 0.05) is 29.4 Å². The lowest BCUT2D eigenvalue weighted by atomic mass is 9.99. The molecule has 154 valence electrons. The fraction of sp³-hybridized carbons (Fsp3) is 0.150. The van der Waals surface area contributed by atoms with Crippen LogP contribution in [0.3, 0.4) is 0 Å². The minimum absolute atomic E-state index is 0.261. The number of carbonyl (C=O) groups excluding carboxylic acids is 2. The van der Waals surface area contributed by atoms with Crippen LogP contribution in [0.1, 0.15) is 16.9 Å². The number of nitrogens with zero attached hydrogens (tertiary/aromatic N) is 1. The Hall–Kier alpha value is -3.11. The zero-order chi connectivity index (χ0) is 21.6. The number of sulfonamides is 1. The van der Waals surface area contributed by atoms with Gasteiger partial charge in [-0.1, -0.05) is 0 Å². The summed E-state index contributed by atoms with van der Waals surface area (Å²) in [5, 5.41) is 2.53. The summed E-state index contributed by atoms with van der Waals surface area (Å²) in [6.45, 7) is 3.64. The number of aryl methyl sites for hydroxylation is 2. The number of pyridine rings is 1. The molecule has 3 aromatic rings. The van der Waals surface area contributed by atoms with E-state index in [2.05, 4.69) is 15.0 Å². The number of amides is 2. The fourth-order valence-electron chi connectivity index (χ4n) is 3.27. The van der Waals surface area contributed by atoms with Crippen molar-refractivity contribution in [3.05, 3.63) is 52.4 Å². The van der Waals surface area contributed by atoms with Crippen LogP contribution in [0.2, 0.25) is 0 Å². The van der Waals surface area contributed by atoms with E-state index in [0.717, 1.165) is 45.7 Å². The molecule has 10 heteroatoms. The van der Waals surface area contributed by atoms with E-state index < -0.39 is 21.2 Å². The number of carbonyl (C=O) groups is 2. The Labute approximate surface area is 176 Å². The maximum atomic E-state index is 11.8. The molecule has 0 radical (unpaired) electrons. The van der Waals surface area contributed by atoms with Gasteiger partial charge in [-0.25, -0.2) is 8.42 Å². The number of aromatic nitrogens is 1. The van der Waals surface area contributed by atoms with Crippen molar-refractivity contribution in [2.24, 2.45) is 0 Å². The Morgan fingerprint density at radius 2 is 1.83 bits per heavy atom. The molecule has 1 fully saturated rings. The van der Waals surface area contributed by atoms with Crippen molar-refractivity contribution < 1.29 is 22.4 Å². The lowest BCUT2D eigenvalue weighted by molar-refractivity contribution is -0.115. The molecule has 8 nitrogen and oxygen atoms in total. The minimum Gasteiger partial charge on any atom is -0.456 e. The Kier molecular flexibility index (Phi) is 4.91. The largest absolute Gasteiger partial charge is 0.456 e. The molecule has 1 aliphatic heterocycles. The summed E-state index contributed by atoms with van der Waals surface area (Å²) in [5.41, 5.74) is 4.19. The highest BCUT2D eigenvalue weighted by molar-refractivity contribution is 8.18. The quantitative estimate of drug-likeness (QED) is 0.589. The molecule has 0 unspecified atom stereocenters. The lowest BCUT2D eigenvalue weighted by Crippen LogP contribution is -2.17. The first-order valence-electron chi connectivity index (χ1n) is 8.82. The van der Waals surface area contributed by atoms with Gasteiger partial charge in [0.15, 0.2) is 0 Å². The van der Waals surface area contributed by atoms with Gasteiger partial charge >= 0.3 is 0 Å². The first-order chi connectivity index (χ1) is 14.1. The average Bonchev–Trinajstić information content (AvgIpc) is 3.19. The van der Waals surface area contributed by atoms with Crippen molar-refractivity contribution in [1.29, 1.82) is 0 Å². The highest BCUT2D eigenvalue weighted by atomic mass is 32.2. The molecule has 2 N–H and O–H groups in total. The topological polar surface area (TPSA) is 118 Å². The van der Waals surface area contributed by atoms with Gasteiger partial charge in [0.05, 0.1) is 16.8 Å². The molecule has 3 heterocycles. The molecule has 0 spiro atoms. The van der Waals surface area contributed by atoms with Crippen LogP contribution in [0.5, 0.6) is 0 Å². The summed E-state index contributed by atoms with van der Waals surface area (Å²) in [6, 6.07) is 5.46. The van der Waals surface area contributed by atoms with Gasteiger partial charge in [0.1, 0.15) is 11.3 Å². The number of hydrogen-bond donors (Lipinski definition) is 2. The molecular weight excluding hydrogens is 426 g/mol. The van der Waals surface area contributed by atoms with Gasteiger partial charge < -0.3 is 4.42 Å². The second-order valence-electron chi connectivity index (χ2n) is 6.97. The van der Waals surface area contributed by atoms with E-state index in [1.165, 1.54) is 6.08 Å². The third-order valence-corrected chi connectivity index (χ3v) is 5.87. The molecule has 1 saturated heterocycles. The number of imide groups is 1. The monoisotopic (exact) mass is 443 g/mol. The zero-order valence-electron chi connectivity index (χ0n) is 16.3. The molecule has 30 heavy (non-hydrogen) atoms. The van der Waals surface area contributed by atoms with E-state index in [-0.39, 0.29) is 4.91 Å². The minimum atomic E-state index is -3.40. The van der Waals surface area contributed by atoms with Crippen LogP contribution in [0.15, 0.2) is 39.9 Å². The predicted molar refractivity (Wildman–Crippen MR) is 116 cm³/mol. The van der Waals surface area contributed by atoms with Crippen LogP contribution < -0.4 is 10.0 Å². The summed E-state index contributed by atoms with van der Waals surface area (Å²) in [4.78, 5) is 27.7. The van der Waals surface area contributed by atoms with Crippen molar-refractivity contribution in [3.8, 4) is 11.1 Å². The number of anilines is 1. The summed E-state index contributed by atoms with van der Waals surface area (Å²) >= 11 is 0.819. The summed E-state index contributed by atoms with van der Waals surface area (Å²) in [5.74, 6) is -0.0283. The van der Waals surface area contributed by atoms with Crippen LogP contribution in [0.4, 0.5) is 10.5 Å². The number of rotatable bonds is 4. The molecule has 2 amide bonds. The Balaban J connectivity index is 1.79. The molecular formula is C20H17N3O5S2. The Morgan fingerprint density at radius 1 is 1.13 bits per heavy atom. The molecule has 0 aliphatic carbocycles. The van der Waals surface area contributed by atoms with Gasteiger partial charge in [0.25, 0.3) is 11.1 Å². The van der Waals surface area contributed by atoms with Gasteiger partial charge in [-0.15, -0.1) is 0 Å². The van der Waals surface area contributed by atoms with E-state index >= 15 is 0 Å². The first-order valence-corrected chi connectivity index (χ1v) is 11.5. The Bertz CT molecular complexity index is 1330. The number of hydrogen-bond acceptors (Lipinski definition) is 7. The summed E-state index contributed by atoms with van der Waals surface area (Å²) < 4.78 is 31.8. The molecule has 0 saturated carbocycles. The average molecular weight is 444 g/mol. The van der Waals surface area contributed by atoms with Gasteiger partial charge in [-0.3, -0.25) is 24.6 Å². The predicted octanol–water partition coefficient (Wildman–Crippen LogP) is 3.81.